The Morgan fingerprint density at radius 1 is 1.35 bits per heavy atom. The van der Waals surface area contributed by atoms with Crippen LogP contribution in [0.1, 0.15) is 41.0 Å². The van der Waals surface area contributed by atoms with Gasteiger partial charge in [-0.05, 0) is 25.2 Å². The Balaban J connectivity index is 2.41. The van der Waals surface area contributed by atoms with Crippen LogP contribution in [0.25, 0.3) is 0 Å². The fourth-order valence-electron chi connectivity index (χ4n) is 4.04. The van der Waals surface area contributed by atoms with Crippen LogP contribution in [-0.4, -0.2) is 35.6 Å². The molecule has 0 N–H and O–H groups in total. The summed E-state index contributed by atoms with van der Waals surface area (Å²) in [7, 11) is 1.93. The monoisotopic (exact) mass is 239 g/mol. The summed E-state index contributed by atoms with van der Waals surface area (Å²) >= 11 is 0. The first-order valence-corrected chi connectivity index (χ1v) is 6.76. The lowest BCUT2D eigenvalue weighted by Crippen LogP contribution is -2.50. The van der Waals surface area contributed by atoms with Gasteiger partial charge in [0.25, 0.3) is 5.91 Å². The van der Waals surface area contributed by atoms with Gasteiger partial charge in [0.15, 0.2) is 5.60 Å². The molecule has 0 spiro atoms. The lowest BCUT2D eigenvalue weighted by atomic mass is 9.75. The average Bonchev–Trinajstić information content (AvgIpc) is 2.57. The van der Waals surface area contributed by atoms with Gasteiger partial charge in [0.2, 0.25) is 0 Å². The van der Waals surface area contributed by atoms with E-state index in [-0.39, 0.29) is 18.1 Å². The highest BCUT2D eigenvalue weighted by atomic mass is 16.5. The van der Waals surface area contributed by atoms with Crippen molar-refractivity contribution in [1.82, 2.24) is 4.90 Å². The van der Waals surface area contributed by atoms with Crippen LogP contribution in [-0.2, 0) is 9.53 Å². The third kappa shape index (κ3) is 1.62. The summed E-state index contributed by atoms with van der Waals surface area (Å²) in [4.78, 5) is 14.4. The first-order chi connectivity index (χ1) is 7.81. The number of fused-ring (bicyclic) bond motifs is 2. The van der Waals surface area contributed by atoms with Crippen LogP contribution in [0.5, 0.6) is 0 Å². The molecular weight excluding hydrogens is 214 g/mol. The maximum absolute atomic E-state index is 12.5. The fraction of sp³-hybridized carbons (Fsp3) is 0.929. The highest BCUT2D eigenvalue weighted by Gasteiger charge is 2.67. The number of ether oxygens (including phenoxy) is 1. The molecule has 3 heteroatoms. The summed E-state index contributed by atoms with van der Waals surface area (Å²) < 4.78 is 6.12. The van der Waals surface area contributed by atoms with Gasteiger partial charge in [0.1, 0.15) is 0 Å². The molecule has 0 aromatic rings. The maximum Gasteiger partial charge on any atom is 0.255 e. The molecule has 0 aliphatic carbocycles. The molecule has 2 fully saturated rings. The number of hydrogen-bond acceptors (Lipinski definition) is 2. The van der Waals surface area contributed by atoms with Gasteiger partial charge in [-0.3, -0.25) is 4.79 Å². The molecule has 98 valence electrons. The van der Waals surface area contributed by atoms with Crippen LogP contribution in [0.2, 0.25) is 0 Å². The number of carbonyl (C=O) groups excluding carboxylic acids is 1. The smallest absolute Gasteiger partial charge is 0.255 e. The highest BCUT2D eigenvalue weighted by Crippen LogP contribution is 2.52. The molecule has 1 unspecified atom stereocenters. The number of rotatable bonds is 3. The van der Waals surface area contributed by atoms with E-state index in [1.165, 1.54) is 0 Å². The average molecular weight is 239 g/mol. The van der Waals surface area contributed by atoms with Crippen molar-refractivity contribution in [3.8, 4) is 0 Å². The third-order valence-corrected chi connectivity index (χ3v) is 4.34. The van der Waals surface area contributed by atoms with Crippen molar-refractivity contribution in [1.29, 1.82) is 0 Å². The van der Waals surface area contributed by atoms with Crippen LogP contribution in [0.3, 0.4) is 0 Å². The molecule has 2 rings (SSSR count). The van der Waals surface area contributed by atoms with E-state index < -0.39 is 5.60 Å². The Morgan fingerprint density at radius 2 is 1.94 bits per heavy atom. The van der Waals surface area contributed by atoms with Gasteiger partial charge in [-0.1, -0.05) is 27.7 Å². The van der Waals surface area contributed by atoms with Crippen molar-refractivity contribution in [2.24, 2.45) is 17.8 Å². The maximum atomic E-state index is 12.5. The number of likely N-dealkylation sites (N-methyl/N-ethyl adjacent to an activating group) is 1. The molecule has 0 aromatic carbocycles. The molecule has 3 nitrogen and oxygen atoms in total. The molecule has 4 atom stereocenters. The summed E-state index contributed by atoms with van der Waals surface area (Å²) in [5.41, 5.74) is -0.541. The summed E-state index contributed by atoms with van der Waals surface area (Å²) in [5.74, 6) is 1.51. The number of likely N-dealkylation sites (tertiary alicyclic amines) is 1. The Bertz CT molecular complexity index is 326. The number of morpholine rings is 1. The lowest BCUT2D eigenvalue weighted by Gasteiger charge is -2.35. The molecule has 17 heavy (non-hydrogen) atoms. The van der Waals surface area contributed by atoms with E-state index in [1.807, 2.05) is 11.9 Å². The zero-order valence-electron chi connectivity index (χ0n) is 11.9. The van der Waals surface area contributed by atoms with E-state index in [9.17, 15) is 4.79 Å². The van der Waals surface area contributed by atoms with Gasteiger partial charge in [0, 0.05) is 13.0 Å². The molecule has 2 aliphatic rings. The molecule has 2 bridgehead atoms. The van der Waals surface area contributed by atoms with Gasteiger partial charge < -0.3 is 9.64 Å². The second-order valence-corrected chi connectivity index (χ2v) is 6.49. The molecular formula is C14H25NO2. The van der Waals surface area contributed by atoms with Crippen LogP contribution in [0.15, 0.2) is 0 Å². The predicted octanol–water partition coefficient (Wildman–Crippen LogP) is 2.30. The molecule has 0 radical (unpaired) electrons. The second-order valence-electron chi connectivity index (χ2n) is 6.49. The number of nitrogens with zero attached hydrogens (tertiary/aromatic N) is 1. The van der Waals surface area contributed by atoms with Gasteiger partial charge in [-0.2, -0.15) is 0 Å². The largest absolute Gasteiger partial charge is 0.360 e. The van der Waals surface area contributed by atoms with Gasteiger partial charge >= 0.3 is 0 Å². The van der Waals surface area contributed by atoms with E-state index in [2.05, 4.69) is 34.6 Å². The Morgan fingerprint density at radius 3 is 2.41 bits per heavy atom. The van der Waals surface area contributed by atoms with E-state index in [0.717, 1.165) is 6.42 Å². The highest BCUT2D eigenvalue weighted by molar-refractivity contribution is 5.89. The van der Waals surface area contributed by atoms with Gasteiger partial charge in [0.05, 0.1) is 12.1 Å². The minimum Gasteiger partial charge on any atom is -0.360 e. The summed E-state index contributed by atoms with van der Waals surface area (Å²) in [6, 6.07) is 0.265. The predicted molar refractivity (Wildman–Crippen MR) is 67.6 cm³/mol. The van der Waals surface area contributed by atoms with E-state index >= 15 is 0 Å². The Hall–Kier alpha value is -0.570. The van der Waals surface area contributed by atoms with Crippen molar-refractivity contribution >= 4 is 5.91 Å². The summed E-state index contributed by atoms with van der Waals surface area (Å²) in [5, 5.41) is 0. The molecule has 2 aliphatic heterocycles. The Kier molecular flexibility index (Phi) is 3.01. The number of carbonyl (C=O) groups is 1. The standard InChI is InChI=1S/C14H25NO2/c1-8(2)7-14-11(9(3)4)12(10(5)17-14)15(6)13(14)16/h8-12H,7H2,1-6H3/t10-,11?,12+,14+/m0/s1. The van der Waals surface area contributed by atoms with Gasteiger partial charge in [-0.25, -0.2) is 0 Å². The zero-order valence-corrected chi connectivity index (χ0v) is 11.9. The minimum atomic E-state index is -0.541. The van der Waals surface area contributed by atoms with E-state index in [4.69, 9.17) is 4.74 Å². The van der Waals surface area contributed by atoms with Gasteiger partial charge in [-0.15, -0.1) is 0 Å². The van der Waals surface area contributed by atoms with Crippen molar-refractivity contribution in [2.45, 2.75) is 58.8 Å². The lowest BCUT2D eigenvalue weighted by molar-refractivity contribution is -0.166. The van der Waals surface area contributed by atoms with Crippen LogP contribution >= 0.6 is 0 Å². The first-order valence-electron chi connectivity index (χ1n) is 6.76. The summed E-state index contributed by atoms with van der Waals surface area (Å²) in [6.45, 7) is 10.9. The molecule has 2 heterocycles. The van der Waals surface area contributed by atoms with Crippen molar-refractivity contribution in [2.75, 3.05) is 7.05 Å². The molecule has 0 aromatic heterocycles. The van der Waals surface area contributed by atoms with E-state index in [1.54, 1.807) is 0 Å². The second kappa shape index (κ2) is 3.98. The molecule has 1 amide bonds. The quantitative estimate of drug-likeness (QED) is 0.756. The molecule has 0 saturated carbocycles. The topological polar surface area (TPSA) is 29.5 Å². The molecule has 2 saturated heterocycles. The van der Waals surface area contributed by atoms with Crippen molar-refractivity contribution < 1.29 is 9.53 Å². The summed E-state index contributed by atoms with van der Waals surface area (Å²) in [6.07, 6.45) is 1.02. The fourth-order valence-corrected chi connectivity index (χ4v) is 4.04. The third-order valence-electron chi connectivity index (χ3n) is 4.34. The minimum absolute atomic E-state index is 0.170. The van der Waals surface area contributed by atoms with Crippen molar-refractivity contribution in [3.63, 3.8) is 0 Å². The van der Waals surface area contributed by atoms with Crippen LogP contribution < -0.4 is 0 Å². The van der Waals surface area contributed by atoms with Crippen LogP contribution in [0, 0.1) is 17.8 Å². The first kappa shape index (κ1) is 12.9. The Labute approximate surface area is 105 Å². The number of amides is 1. The van der Waals surface area contributed by atoms with Crippen LogP contribution in [0.4, 0.5) is 0 Å². The van der Waals surface area contributed by atoms with Crippen molar-refractivity contribution in [3.05, 3.63) is 0 Å². The normalized spacial score (nSPS) is 41.1. The van der Waals surface area contributed by atoms with E-state index in [0.29, 0.717) is 17.8 Å². The zero-order chi connectivity index (χ0) is 13.0. The SMILES string of the molecule is CC(C)C[C@@]12O[C@@H](C)[C@H](C1C(C)C)N(C)C2=O. The number of hydrogen-bond donors (Lipinski definition) is 0.